The van der Waals surface area contributed by atoms with Crippen molar-refractivity contribution in [2.75, 3.05) is 13.1 Å². The standard InChI is InChI=1S/C29H24FN7O/c30-19-3-1-17(2-4-19)27-22-14-26(34-24(22)9-12-33-27)29-28-25(36-37-29)6-5-23(35-28)18-13-21(16-32-15-18)38-20-7-10-31-11-8-20/h1-6,9,12-16,20,31,34H,7-8,10-11H2,(H,36,37). The Morgan fingerprint density at radius 3 is 2.61 bits per heavy atom. The summed E-state index contributed by atoms with van der Waals surface area (Å²) in [4.78, 5) is 17.4. The zero-order valence-electron chi connectivity index (χ0n) is 20.4. The number of ether oxygens (including phenoxy) is 1. The van der Waals surface area contributed by atoms with Gasteiger partial charge in [-0.15, -0.1) is 0 Å². The summed E-state index contributed by atoms with van der Waals surface area (Å²) in [6.45, 7) is 1.93. The van der Waals surface area contributed by atoms with Gasteiger partial charge in [0.2, 0.25) is 0 Å². The van der Waals surface area contributed by atoms with Gasteiger partial charge in [0.1, 0.15) is 28.9 Å². The van der Waals surface area contributed by atoms with Crippen molar-refractivity contribution in [3.05, 3.63) is 79.0 Å². The Balaban J connectivity index is 1.25. The zero-order chi connectivity index (χ0) is 25.5. The minimum atomic E-state index is -0.279. The predicted molar refractivity (Wildman–Crippen MR) is 144 cm³/mol. The Morgan fingerprint density at radius 1 is 0.868 bits per heavy atom. The lowest BCUT2D eigenvalue weighted by Crippen LogP contribution is -2.34. The van der Waals surface area contributed by atoms with Crippen LogP contribution in [-0.4, -0.2) is 49.3 Å². The third-order valence-electron chi connectivity index (χ3n) is 6.93. The minimum Gasteiger partial charge on any atom is -0.489 e. The van der Waals surface area contributed by atoms with Gasteiger partial charge < -0.3 is 15.0 Å². The summed E-state index contributed by atoms with van der Waals surface area (Å²) in [5.41, 5.74) is 7.28. The second kappa shape index (κ2) is 9.35. The SMILES string of the molecule is Fc1ccc(-c2nccc3[nH]c(-c4n[nH]c5ccc(-c6cncc(OC7CCNCC7)c6)nc45)cc23)cc1. The molecule has 0 spiro atoms. The highest BCUT2D eigenvalue weighted by Gasteiger charge is 2.17. The highest BCUT2D eigenvalue weighted by Crippen LogP contribution is 2.33. The molecule has 0 aliphatic carbocycles. The van der Waals surface area contributed by atoms with Crippen molar-refractivity contribution in [3.63, 3.8) is 0 Å². The van der Waals surface area contributed by atoms with Gasteiger partial charge in [0.15, 0.2) is 0 Å². The van der Waals surface area contributed by atoms with Crippen molar-refractivity contribution >= 4 is 21.9 Å². The van der Waals surface area contributed by atoms with Gasteiger partial charge in [-0.25, -0.2) is 9.37 Å². The number of nitrogens with one attached hydrogen (secondary N) is 3. The predicted octanol–water partition coefficient (Wildman–Crippen LogP) is 5.50. The lowest BCUT2D eigenvalue weighted by molar-refractivity contribution is 0.162. The van der Waals surface area contributed by atoms with E-state index in [2.05, 4.69) is 30.5 Å². The molecule has 0 bridgehead atoms. The summed E-state index contributed by atoms with van der Waals surface area (Å²) < 4.78 is 19.7. The number of piperidine rings is 1. The van der Waals surface area contributed by atoms with Gasteiger partial charge in [0.05, 0.1) is 28.8 Å². The number of benzene rings is 1. The van der Waals surface area contributed by atoms with Crippen molar-refractivity contribution in [1.29, 1.82) is 0 Å². The number of aromatic nitrogens is 6. The molecular formula is C29H24FN7O. The minimum absolute atomic E-state index is 0.195. The number of pyridine rings is 3. The van der Waals surface area contributed by atoms with Crippen LogP contribution in [0.15, 0.2) is 73.2 Å². The Hall–Kier alpha value is -4.63. The van der Waals surface area contributed by atoms with Crippen molar-refractivity contribution in [1.82, 2.24) is 35.5 Å². The van der Waals surface area contributed by atoms with E-state index in [0.29, 0.717) is 5.69 Å². The summed E-state index contributed by atoms with van der Waals surface area (Å²) in [7, 11) is 0. The van der Waals surface area contributed by atoms with Crippen LogP contribution < -0.4 is 10.1 Å². The third-order valence-corrected chi connectivity index (χ3v) is 6.93. The quantitative estimate of drug-likeness (QED) is 0.286. The van der Waals surface area contributed by atoms with E-state index in [1.54, 1.807) is 30.7 Å². The van der Waals surface area contributed by atoms with Crippen LogP contribution in [0.25, 0.3) is 55.8 Å². The van der Waals surface area contributed by atoms with Crippen molar-refractivity contribution in [2.45, 2.75) is 18.9 Å². The molecule has 0 saturated carbocycles. The number of hydrogen-bond acceptors (Lipinski definition) is 6. The number of hydrogen-bond donors (Lipinski definition) is 3. The lowest BCUT2D eigenvalue weighted by Gasteiger charge is -2.23. The normalized spacial score (nSPS) is 14.3. The molecule has 38 heavy (non-hydrogen) atoms. The van der Waals surface area contributed by atoms with E-state index >= 15 is 0 Å². The molecule has 6 aromatic rings. The second-order valence-corrected chi connectivity index (χ2v) is 9.45. The first kappa shape index (κ1) is 22.6. The molecule has 0 atom stereocenters. The van der Waals surface area contributed by atoms with Crippen LogP contribution in [-0.2, 0) is 0 Å². The number of halogens is 1. The molecule has 0 unspecified atom stereocenters. The van der Waals surface area contributed by atoms with Gasteiger partial charge in [-0.05, 0) is 80.5 Å². The van der Waals surface area contributed by atoms with Crippen LogP contribution in [0.2, 0.25) is 0 Å². The average molecular weight is 506 g/mol. The molecule has 0 radical (unpaired) electrons. The van der Waals surface area contributed by atoms with Gasteiger partial charge in [0, 0.05) is 34.4 Å². The molecule has 188 valence electrons. The molecular weight excluding hydrogens is 481 g/mol. The van der Waals surface area contributed by atoms with Crippen molar-refractivity contribution < 1.29 is 9.13 Å². The topological polar surface area (TPSA) is 104 Å². The Kier molecular flexibility index (Phi) is 5.55. The molecule has 1 aliphatic heterocycles. The monoisotopic (exact) mass is 505 g/mol. The third kappa shape index (κ3) is 4.16. The van der Waals surface area contributed by atoms with Gasteiger partial charge in [-0.2, -0.15) is 5.10 Å². The molecule has 1 aliphatic rings. The van der Waals surface area contributed by atoms with Gasteiger partial charge >= 0.3 is 0 Å². The molecule has 0 amide bonds. The average Bonchev–Trinajstić information content (AvgIpc) is 3.58. The van der Waals surface area contributed by atoms with Crippen LogP contribution in [0.1, 0.15) is 12.8 Å². The maximum Gasteiger partial charge on any atom is 0.138 e. The van der Waals surface area contributed by atoms with E-state index in [0.717, 1.165) is 81.8 Å². The fraction of sp³-hybridized carbons (Fsp3) is 0.172. The van der Waals surface area contributed by atoms with Crippen LogP contribution in [0.5, 0.6) is 5.75 Å². The van der Waals surface area contributed by atoms with E-state index in [4.69, 9.17) is 9.72 Å². The largest absolute Gasteiger partial charge is 0.489 e. The first-order chi connectivity index (χ1) is 18.7. The molecule has 7 rings (SSSR count). The van der Waals surface area contributed by atoms with Crippen LogP contribution in [0.3, 0.4) is 0 Å². The molecule has 9 heteroatoms. The smallest absolute Gasteiger partial charge is 0.138 e. The maximum absolute atomic E-state index is 13.5. The molecule has 6 heterocycles. The van der Waals surface area contributed by atoms with Crippen molar-refractivity contribution in [3.8, 4) is 39.7 Å². The fourth-order valence-corrected chi connectivity index (χ4v) is 5.00. The highest BCUT2D eigenvalue weighted by molar-refractivity contribution is 5.99. The summed E-state index contributed by atoms with van der Waals surface area (Å²) in [6.07, 6.45) is 7.45. The molecule has 5 aromatic heterocycles. The number of aromatic amines is 2. The lowest BCUT2D eigenvalue weighted by atomic mass is 10.1. The van der Waals surface area contributed by atoms with E-state index in [-0.39, 0.29) is 11.9 Å². The summed E-state index contributed by atoms with van der Waals surface area (Å²) >= 11 is 0. The van der Waals surface area contributed by atoms with E-state index in [1.165, 1.54) is 12.1 Å². The van der Waals surface area contributed by atoms with Crippen molar-refractivity contribution in [2.24, 2.45) is 0 Å². The number of fused-ring (bicyclic) bond motifs is 2. The number of H-pyrrole nitrogens is 2. The van der Waals surface area contributed by atoms with E-state index in [1.807, 2.05) is 30.3 Å². The fourth-order valence-electron chi connectivity index (χ4n) is 5.00. The molecule has 1 fully saturated rings. The zero-order valence-corrected chi connectivity index (χ0v) is 20.4. The van der Waals surface area contributed by atoms with Gasteiger partial charge in [-0.1, -0.05) is 0 Å². The summed E-state index contributed by atoms with van der Waals surface area (Å²) in [5, 5.41) is 11.9. The number of nitrogens with zero attached hydrogens (tertiary/aromatic N) is 4. The number of rotatable bonds is 5. The highest BCUT2D eigenvalue weighted by atomic mass is 19.1. The van der Waals surface area contributed by atoms with Crippen LogP contribution in [0, 0.1) is 5.82 Å². The first-order valence-electron chi connectivity index (χ1n) is 12.6. The Bertz CT molecular complexity index is 1750. The van der Waals surface area contributed by atoms with Gasteiger partial charge in [-0.3, -0.25) is 15.1 Å². The Morgan fingerprint density at radius 2 is 1.74 bits per heavy atom. The van der Waals surface area contributed by atoms with E-state index < -0.39 is 0 Å². The second-order valence-electron chi connectivity index (χ2n) is 9.45. The summed E-state index contributed by atoms with van der Waals surface area (Å²) in [5.74, 6) is 0.472. The van der Waals surface area contributed by atoms with Crippen LogP contribution in [0.4, 0.5) is 4.39 Å². The molecule has 3 N–H and O–H groups in total. The molecule has 8 nitrogen and oxygen atoms in total. The van der Waals surface area contributed by atoms with Crippen LogP contribution >= 0.6 is 0 Å². The molecule has 1 saturated heterocycles. The Labute approximate surface area is 217 Å². The molecule has 1 aromatic carbocycles. The summed E-state index contributed by atoms with van der Waals surface area (Å²) in [6, 6.07) is 16.2. The van der Waals surface area contributed by atoms with Gasteiger partial charge in [0.25, 0.3) is 0 Å². The first-order valence-corrected chi connectivity index (χ1v) is 12.6. The van der Waals surface area contributed by atoms with E-state index in [9.17, 15) is 4.39 Å². The maximum atomic E-state index is 13.5.